The van der Waals surface area contributed by atoms with Gasteiger partial charge in [-0.3, -0.25) is 4.79 Å². The number of carbonyl (C=O) groups excluding carboxylic acids is 1. The van der Waals surface area contributed by atoms with Gasteiger partial charge in [-0.15, -0.1) is 0 Å². The Kier molecular flexibility index (Phi) is 3.14. The molecule has 6 heteroatoms. The zero-order valence-corrected chi connectivity index (χ0v) is 10.1. The Bertz CT molecular complexity index is 587. The number of rotatable bonds is 4. The fourth-order valence-electron chi connectivity index (χ4n) is 1.48. The molecule has 0 spiro atoms. The second-order valence-electron chi connectivity index (χ2n) is 3.24. The fraction of sp³-hybridized carbons (Fsp3) is 0.0909. The van der Waals surface area contributed by atoms with Crippen LogP contribution in [0.25, 0.3) is 11.0 Å². The third kappa shape index (κ3) is 2.16. The number of benzene rings is 1. The van der Waals surface area contributed by atoms with Gasteiger partial charge in [0.1, 0.15) is 5.75 Å². The Hall–Kier alpha value is -1.82. The Morgan fingerprint density at radius 1 is 1.59 bits per heavy atom. The molecule has 0 radical (unpaired) electrons. The van der Waals surface area contributed by atoms with Crippen molar-refractivity contribution in [3.05, 3.63) is 28.4 Å². The standard InChI is InChI=1S/C11H7BrO5/c12-8-3-6(4-13)10(17-5-9(14)15)7-1-2-16-11(7)8/h1-4H,5H2,(H,14,15). The molecule has 2 rings (SSSR count). The number of fused-ring (bicyclic) bond motifs is 1. The SMILES string of the molecule is O=Cc1cc(Br)c2occc2c1OCC(=O)O. The summed E-state index contributed by atoms with van der Waals surface area (Å²) in [5, 5.41) is 9.13. The second-order valence-corrected chi connectivity index (χ2v) is 4.09. The van der Waals surface area contributed by atoms with E-state index in [4.69, 9.17) is 14.3 Å². The highest BCUT2D eigenvalue weighted by Gasteiger charge is 2.15. The van der Waals surface area contributed by atoms with Gasteiger partial charge in [-0.25, -0.2) is 4.79 Å². The lowest BCUT2D eigenvalue weighted by Gasteiger charge is -2.08. The van der Waals surface area contributed by atoms with Gasteiger partial charge in [0.15, 0.2) is 18.5 Å². The predicted octanol–water partition coefficient (Wildman–Crippen LogP) is 2.47. The van der Waals surface area contributed by atoms with Crippen LogP contribution in [0.3, 0.4) is 0 Å². The molecular formula is C11H7BrO5. The summed E-state index contributed by atoms with van der Waals surface area (Å²) in [7, 11) is 0. The maximum Gasteiger partial charge on any atom is 0.341 e. The summed E-state index contributed by atoms with van der Waals surface area (Å²) in [6.45, 7) is -0.511. The molecule has 0 atom stereocenters. The van der Waals surface area contributed by atoms with Crippen LogP contribution in [0.4, 0.5) is 0 Å². The lowest BCUT2D eigenvalue weighted by Crippen LogP contribution is -2.10. The number of hydrogen-bond acceptors (Lipinski definition) is 4. The van der Waals surface area contributed by atoms with Crippen molar-refractivity contribution in [2.24, 2.45) is 0 Å². The summed E-state index contributed by atoms with van der Waals surface area (Å²) < 4.78 is 10.9. The van der Waals surface area contributed by atoms with Crippen LogP contribution in [-0.2, 0) is 4.79 Å². The molecule has 0 saturated carbocycles. The minimum absolute atomic E-state index is 0.217. The van der Waals surface area contributed by atoms with Gasteiger partial charge < -0.3 is 14.3 Å². The Morgan fingerprint density at radius 2 is 2.35 bits per heavy atom. The molecule has 0 amide bonds. The van der Waals surface area contributed by atoms with Crippen LogP contribution < -0.4 is 4.74 Å². The van der Waals surface area contributed by atoms with Gasteiger partial charge >= 0.3 is 5.97 Å². The van der Waals surface area contributed by atoms with Gasteiger partial charge in [0.05, 0.1) is 21.7 Å². The smallest absolute Gasteiger partial charge is 0.341 e. The average Bonchev–Trinajstić information content (AvgIpc) is 2.76. The largest absolute Gasteiger partial charge is 0.480 e. The van der Waals surface area contributed by atoms with Gasteiger partial charge in [0, 0.05) is 0 Å². The zero-order chi connectivity index (χ0) is 12.4. The summed E-state index contributed by atoms with van der Waals surface area (Å²) in [6.07, 6.45) is 2.05. The summed E-state index contributed by atoms with van der Waals surface area (Å²) in [5.74, 6) is -0.893. The van der Waals surface area contributed by atoms with Gasteiger partial charge in [0.2, 0.25) is 0 Å². The van der Waals surface area contributed by atoms with E-state index in [2.05, 4.69) is 15.9 Å². The van der Waals surface area contributed by atoms with Gasteiger partial charge in [0.25, 0.3) is 0 Å². The van der Waals surface area contributed by atoms with E-state index in [1.807, 2.05) is 0 Å². The molecule has 1 aromatic carbocycles. The molecule has 1 heterocycles. The number of aldehydes is 1. The highest BCUT2D eigenvalue weighted by molar-refractivity contribution is 9.10. The number of furan rings is 1. The number of carbonyl (C=O) groups is 2. The highest BCUT2D eigenvalue weighted by Crippen LogP contribution is 2.35. The molecule has 0 aliphatic rings. The van der Waals surface area contributed by atoms with Crippen molar-refractivity contribution in [1.29, 1.82) is 0 Å². The van der Waals surface area contributed by atoms with Crippen LogP contribution in [-0.4, -0.2) is 24.0 Å². The molecule has 0 bridgehead atoms. The average molecular weight is 299 g/mol. The molecule has 0 unspecified atom stereocenters. The summed E-state index contributed by atoms with van der Waals surface area (Å²) in [4.78, 5) is 21.4. The van der Waals surface area contributed by atoms with E-state index < -0.39 is 12.6 Å². The van der Waals surface area contributed by atoms with Gasteiger partial charge in [-0.2, -0.15) is 0 Å². The van der Waals surface area contributed by atoms with Crippen LogP contribution in [0.2, 0.25) is 0 Å². The predicted molar refractivity (Wildman–Crippen MR) is 62.4 cm³/mol. The highest BCUT2D eigenvalue weighted by atomic mass is 79.9. The summed E-state index contributed by atoms with van der Waals surface area (Å²) >= 11 is 3.26. The van der Waals surface area contributed by atoms with E-state index in [0.717, 1.165) is 0 Å². The summed E-state index contributed by atoms with van der Waals surface area (Å²) in [6, 6.07) is 3.14. The molecular weight excluding hydrogens is 292 g/mol. The minimum atomic E-state index is -1.11. The number of halogens is 1. The number of carboxylic acids is 1. The molecule has 2 aromatic rings. The van der Waals surface area contributed by atoms with E-state index in [1.165, 1.54) is 12.3 Å². The first-order valence-corrected chi connectivity index (χ1v) is 5.42. The monoisotopic (exact) mass is 298 g/mol. The van der Waals surface area contributed by atoms with Crippen molar-refractivity contribution in [3.63, 3.8) is 0 Å². The van der Waals surface area contributed by atoms with Crippen LogP contribution in [0.1, 0.15) is 10.4 Å². The van der Waals surface area contributed by atoms with E-state index in [1.54, 1.807) is 6.07 Å². The molecule has 1 N–H and O–H groups in total. The van der Waals surface area contributed by atoms with Crippen molar-refractivity contribution in [3.8, 4) is 5.75 Å². The normalized spacial score (nSPS) is 10.4. The Morgan fingerprint density at radius 3 is 3.00 bits per heavy atom. The van der Waals surface area contributed by atoms with Gasteiger partial charge in [-0.1, -0.05) is 0 Å². The summed E-state index contributed by atoms with van der Waals surface area (Å²) in [5.41, 5.74) is 0.781. The van der Waals surface area contributed by atoms with E-state index in [0.29, 0.717) is 21.7 Å². The van der Waals surface area contributed by atoms with E-state index >= 15 is 0 Å². The van der Waals surface area contributed by atoms with Crippen molar-refractivity contribution in [2.45, 2.75) is 0 Å². The maximum absolute atomic E-state index is 10.9. The van der Waals surface area contributed by atoms with E-state index in [-0.39, 0.29) is 11.3 Å². The number of hydrogen-bond donors (Lipinski definition) is 1. The third-order valence-corrected chi connectivity index (χ3v) is 2.73. The van der Waals surface area contributed by atoms with Crippen LogP contribution >= 0.6 is 15.9 Å². The molecule has 0 aliphatic carbocycles. The molecule has 1 aromatic heterocycles. The second kappa shape index (κ2) is 4.58. The van der Waals surface area contributed by atoms with Crippen molar-refractivity contribution in [1.82, 2.24) is 0 Å². The zero-order valence-electron chi connectivity index (χ0n) is 8.47. The van der Waals surface area contributed by atoms with E-state index in [9.17, 15) is 9.59 Å². The van der Waals surface area contributed by atoms with Crippen molar-refractivity contribution in [2.75, 3.05) is 6.61 Å². The molecule has 0 aliphatic heterocycles. The number of carboxylic acid groups (broad SMARTS) is 1. The number of aliphatic carboxylic acids is 1. The molecule has 0 fully saturated rings. The van der Waals surface area contributed by atoms with Crippen LogP contribution in [0, 0.1) is 0 Å². The molecule has 5 nitrogen and oxygen atoms in total. The van der Waals surface area contributed by atoms with Crippen LogP contribution in [0.5, 0.6) is 5.75 Å². The quantitative estimate of drug-likeness (QED) is 0.878. The minimum Gasteiger partial charge on any atom is -0.480 e. The first-order chi connectivity index (χ1) is 8.13. The molecule has 0 saturated heterocycles. The molecule has 88 valence electrons. The third-order valence-electron chi connectivity index (χ3n) is 2.14. The lowest BCUT2D eigenvalue weighted by atomic mass is 10.1. The Labute approximate surface area is 104 Å². The van der Waals surface area contributed by atoms with Crippen molar-refractivity contribution >= 4 is 39.2 Å². The first kappa shape index (κ1) is 11.7. The fourth-order valence-corrected chi connectivity index (χ4v) is 2.03. The number of ether oxygens (including phenoxy) is 1. The Balaban J connectivity index is 2.57. The lowest BCUT2D eigenvalue weighted by molar-refractivity contribution is -0.139. The maximum atomic E-state index is 10.9. The van der Waals surface area contributed by atoms with Gasteiger partial charge in [-0.05, 0) is 28.1 Å². The van der Waals surface area contributed by atoms with Crippen LogP contribution in [0.15, 0.2) is 27.3 Å². The first-order valence-electron chi connectivity index (χ1n) is 4.63. The molecule has 17 heavy (non-hydrogen) atoms. The topological polar surface area (TPSA) is 76.7 Å². The van der Waals surface area contributed by atoms with Crippen molar-refractivity contribution < 1.29 is 23.8 Å².